The number of hydrogen-bond donors (Lipinski definition) is 2. The van der Waals surface area contributed by atoms with E-state index in [9.17, 15) is 18.0 Å². The average molecular weight is 210 g/mol. The molecule has 0 aliphatic heterocycles. The molecule has 1 rings (SSSR count). The van der Waals surface area contributed by atoms with E-state index in [2.05, 4.69) is 0 Å². The van der Waals surface area contributed by atoms with Crippen LogP contribution in [0.25, 0.3) is 0 Å². The third kappa shape index (κ3) is 1.84. The van der Waals surface area contributed by atoms with Crippen molar-refractivity contribution < 1.29 is 18.0 Å². The van der Waals surface area contributed by atoms with Crippen molar-refractivity contribution in [3.05, 3.63) is 0 Å². The molecule has 1 fully saturated rings. The van der Waals surface area contributed by atoms with Gasteiger partial charge in [0.15, 0.2) is 0 Å². The molecule has 2 unspecified atom stereocenters. The molecule has 3 N–H and O–H groups in total. The van der Waals surface area contributed by atoms with Crippen LogP contribution in [0.4, 0.5) is 13.2 Å². The molecule has 0 aromatic rings. The number of nitrogens with two attached hydrogens (primary N) is 1. The van der Waals surface area contributed by atoms with Gasteiger partial charge in [-0.05, 0) is 6.42 Å². The Labute approximate surface area is 79.8 Å². The van der Waals surface area contributed by atoms with Crippen LogP contribution in [0.3, 0.4) is 0 Å². The lowest BCUT2D eigenvalue weighted by molar-refractivity contribution is -0.176. The minimum absolute atomic E-state index is 0.152. The van der Waals surface area contributed by atoms with Crippen LogP contribution < -0.4 is 11.1 Å². The van der Waals surface area contributed by atoms with Crippen molar-refractivity contribution in [3.63, 3.8) is 0 Å². The van der Waals surface area contributed by atoms with Gasteiger partial charge in [-0.25, -0.2) is 0 Å². The number of halogens is 3. The number of amides is 1. The van der Waals surface area contributed by atoms with Gasteiger partial charge in [-0.1, -0.05) is 13.8 Å². The van der Waals surface area contributed by atoms with Gasteiger partial charge in [-0.2, -0.15) is 13.2 Å². The largest absolute Gasteiger partial charge is 0.471 e. The summed E-state index contributed by atoms with van der Waals surface area (Å²) in [5.74, 6) is -1.89. The van der Waals surface area contributed by atoms with Crippen LogP contribution in [0.5, 0.6) is 0 Å². The molecule has 14 heavy (non-hydrogen) atoms. The van der Waals surface area contributed by atoms with E-state index in [1.807, 2.05) is 5.32 Å². The minimum Gasteiger partial charge on any atom is -0.345 e. The summed E-state index contributed by atoms with van der Waals surface area (Å²) in [6, 6.07) is -0.632. The number of alkyl halides is 3. The van der Waals surface area contributed by atoms with Crippen molar-refractivity contribution in [1.82, 2.24) is 5.32 Å². The maximum absolute atomic E-state index is 11.9. The van der Waals surface area contributed by atoms with E-state index < -0.39 is 23.5 Å². The van der Waals surface area contributed by atoms with Gasteiger partial charge in [0.1, 0.15) is 0 Å². The van der Waals surface area contributed by atoms with E-state index in [0.717, 1.165) is 0 Å². The summed E-state index contributed by atoms with van der Waals surface area (Å²) in [6.45, 7) is 3.48. The molecule has 3 nitrogen and oxygen atoms in total. The Bertz CT molecular complexity index is 249. The fourth-order valence-corrected chi connectivity index (χ4v) is 1.44. The molecule has 1 aliphatic carbocycles. The highest BCUT2D eigenvalue weighted by Crippen LogP contribution is 2.39. The molecule has 0 heterocycles. The fraction of sp³-hybridized carbons (Fsp3) is 0.875. The van der Waals surface area contributed by atoms with E-state index in [-0.39, 0.29) is 6.04 Å². The summed E-state index contributed by atoms with van der Waals surface area (Å²) in [5, 5.41) is 1.93. The number of rotatable bonds is 1. The van der Waals surface area contributed by atoms with E-state index in [1.54, 1.807) is 13.8 Å². The summed E-state index contributed by atoms with van der Waals surface area (Å²) in [4.78, 5) is 10.6. The average Bonchev–Trinajstić information content (AvgIpc) is 2.02. The Morgan fingerprint density at radius 2 is 2.00 bits per heavy atom. The van der Waals surface area contributed by atoms with Gasteiger partial charge >= 0.3 is 12.1 Å². The first-order chi connectivity index (χ1) is 6.15. The van der Waals surface area contributed by atoms with Gasteiger partial charge in [-0.3, -0.25) is 4.79 Å². The monoisotopic (exact) mass is 210 g/mol. The number of hydrogen-bond acceptors (Lipinski definition) is 2. The molecule has 82 valence electrons. The number of carbonyl (C=O) groups excluding carboxylic acids is 1. The van der Waals surface area contributed by atoms with Gasteiger partial charge in [0, 0.05) is 17.5 Å². The molecular formula is C8H13F3N2O. The zero-order chi connectivity index (χ0) is 11.1. The van der Waals surface area contributed by atoms with Gasteiger partial charge in [0.2, 0.25) is 0 Å². The van der Waals surface area contributed by atoms with Crippen molar-refractivity contribution in [2.45, 2.75) is 38.5 Å². The molecule has 1 saturated carbocycles. The second-order valence-electron chi connectivity index (χ2n) is 4.19. The topological polar surface area (TPSA) is 55.1 Å². The molecule has 0 bridgehead atoms. The SMILES string of the molecule is CC1(C)C(N)CC1NC(=O)C(F)(F)F. The zero-order valence-corrected chi connectivity index (χ0v) is 7.98. The molecule has 1 aliphatic rings. The Morgan fingerprint density at radius 3 is 2.29 bits per heavy atom. The van der Waals surface area contributed by atoms with Crippen molar-refractivity contribution in [2.24, 2.45) is 11.1 Å². The van der Waals surface area contributed by atoms with E-state index in [0.29, 0.717) is 6.42 Å². The quantitative estimate of drug-likeness (QED) is 0.672. The Morgan fingerprint density at radius 1 is 1.50 bits per heavy atom. The first-order valence-corrected chi connectivity index (χ1v) is 4.29. The molecular weight excluding hydrogens is 197 g/mol. The highest BCUT2D eigenvalue weighted by molar-refractivity contribution is 5.82. The minimum atomic E-state index is -4.81. The van der Waals surface area contributed by atoms with Crippen LogP contribution in [0.15, 0.2) is 0 Å². The van der Waals surface area contributed by atoms with Crippen molar-refractivity contribution >= 4 is 5.91 Å². The number of nitrogens with one attached hydrogen (secondary N) is 1. The lowest BCUT2D eigenvalue weighted by atomic mass is 9.63. The fourth-order valence-electron chi connectivity index (χ4n) is 1.44. The molecule has 0 spiro atoms. The van der Waals surface area contributed by atoms with Crippen molar-refractivity contribution in [3.8, 4) is 0 Å². The standard InChI is InChI=1S/C8H13F3N2O/c1-7(2)4(12)3-5(7)13-6(14)8(9,10)11/h4-5H,3,12H2,1-2H3,(H,13,14). The highest BCUT2D eigenvalue weighted by atomic mass is 19.4. The predicted octanol–water partition coefficient (Wildman–Crippen LogP) is 0.791. The van der Waals surface area contributed by atoms with Crippen molar-refractivity contribution in [2.75, 3.05) is 0 Å². The van der Waals surface area contributed by atoms with Crippen LogP contribution in [0, 0.1) is 5.41 Å². The maximum Gasteiger partial charge on any atom is 0.471 e. The molecule has 6 heteroatoms. The summed E-state index contributed by atoms with van der Waals surface area (Å²) in [5.41, 5.74) is 5.14. The van der Waals surface area contributed by atoms with E-state index >= 15 is 0 Å². The molecule has 2 atom stereocenters. The van der Waals surface area contributed by atoms with Crippen LogP contribution in [-0.2, 0) is 4.79 Å². The van der Waals surface area contributed by atoms with Crippen LogP contribution >= 0.6 is 0 Å². The normalized spacial score (nSPS) is 30.7. The molecule has 1 amide bonds. The summed E-state index contributed by atoms with van der Waals surface area (Å²) < 4.78 is 35.6. The summed E-state index contributed by atoms with van der Waals surface area (Å²) >= 11 is 0. The third-order valence-electron chi connectivity index (χ3n) is 2.91. The van der Waals surface area contributed by atoms with Crippen LogP contribution in [-0.4, -0.2) is 24.2 Å². The second kappa shape index (κ2) is 3.12. The van der Waals surface area contributed by atoms with E-state index in [1.165, 1.54) is 0 Å². The Hall–Kier alpha value is -0.780. The van der Waals surface area contributed by atoms with Crippen molar-refractivity contribution in [1.29, 1.82) is 0 Å². The first-order valence-electron chi connectivity index (χ1n) is 4.29. The van der Waals surface area contributed by atoms with Gasteiger partial charge in [0.05, 0.1) is 0 Å². The molecule has 0 radical (unpaired) electrons. The molecule has 0 saturated heterocycles. The third-order valence-corrected chi connectivity index (χ3v) is 2.91. The molecule has 0 aromatic carbocycles. The predicted molar refractivity (Wildman–Crippen MR) is 44.4 cm³/mol. The summed E-state index contributed by atoms with van der Waals surface area (Å²) in [7, 11) is 0. The van der Waals surface area contributed by atoms with Gasteiger partial charge in [0.25, 0.3) is 0 Å². The van der Waals surface area contributed by atoms with Crippen LogP contribution in [0.1, 0.15) is 20.3 Å². The smallest absolute Gasteiger partial charge is 0.345 e. The highest BCUT2D eigenvalue weighted by Gasteiger charge is 2.50. The van der Waals surface area contributed by atoms with E-state index in [4.69, 9.17) is 5.73 Å². The lowest BCUT2D eigenvalue weighted by Gasteiger charge is -2.50. The summed E-state index contributed by atoms with van der Waals surface area (Å²) in [6.07, 6.45) is -4.41. The Balaban J connectivity index is 2.53. The Kier molecular flexibility index (Phi) is 2.51. The zero-order valence-electron chi connectivity index (χ0n) is 7.98. The lowest BCUT2D eigenvalue weighted by Crippen LogP contribution is -2.65. The first kappa shape index (κ1) is 11.3. The van der Waals surface area contributed by atoms with Gasteiger partial charge < -0.3 is 11.1 Å². The number of carbonyl (C=O) groups is 1. The maximum atomic E-state index is 11.9. The van der Waals surface area contributed by atoms with Gasteiger partial charge in [-0.15, -0.1) is 0 Å². The second-order valence-corrected chi connectivity index (χ2v) is 4.19. The molecule has 0 aromatic heterocycles. The van der Waals surface area contributed by atoms with Crippen LogP contribution in [0.2, 0.25) is 0 Å².